The number of guanidine groups is 1. The van der Waals surface area contributed by atoms with Gasteiger partial charge in [-0.15, -0.1) is 0 Å². The first-order valence-electron chi connectivity index (χ1n) is 8.56. The molecule has 2 aromatic rings. The zero-order valence-corrected chi connectivity index (χ0v) is 15.3. The van der Waals surface area contributed by atoms with Crippen molar-refractivity contribution < 1.29 is 9.52 Å². The van der Waals surface area contributed by atoms with Crippen LogP contribution in [0, 0.1) is 0 Å². The first-order valence-corrected chi connectivity index (χ1v) is 8.94. The predicted molar refractivity (Wildman–Crippen MR) is 100.0 cm³/mol. The van der Waals surface area contributed by atoms with Crippen molar-refractivity contribution >= 4 is 17.6 Å². The third kappa shape index (κ3) is 4.55. The molecule has 0 bridgehead atoms. The third-order valence-electron chi connectivity index (χ3n) is 4.33. The van der Waals surface area contributed by atoms with Crippen LogP contribution < -0.4 is 10.6 Å². The molecule has 3 N–H and O–H groups in total. The summed E-state index contributed by atoms with van der Waals surface area (Å²) in [6.07, 6.45) is 2.59. The zero-order valence-electron chi connectivity index (χ0n) is 14.5. The summed E-state index contributed by atoms with van der Waals surface area (Å²) in [4.78, 5) is 4.53. The van der Waals surface area contributed by atoms with Gasteiger partial charge >= 0.3 is 0 Å². The fourth-order valence-corrected chi connectivity index (χ4v) is 3.05. The number of nitrogens with one attached hydrogen (secondary N) is 2. The highest BCUT2D eigenvalue weighted by molar-refractivity contribution is 6.30. The minimum Gasteiger partial charge on any atom is -0.466 e. The largest absolute Gasteiger partial charge is 0.466 e. The molecule has 3 unspecified atom stereocenters. The van der Waals surface area contributed by atoms with Gasteiger partial charge in [-0.2, -0.15) is 0 Å². The number of hydrogen-bond donors (Lipinski definition) is 3. The number of halogens is 1. The molecule has 1 aromatic carbocycles. The van der Waals surface area contributed by atoms with Crippen molar-refractivity contribution in [2.75, 3.05) is 13.1 Å². The molecule has 0 saturated heterocycles. The van der Waals surface area contributed by atoms with Gasteiger partial charge in [0.2, 0.25) is 0 Å². The van der Waals surface area contributed by atoms with Crippen molar-refractivity contribution in [3.05, 3.63) is 59.0 Å². The summed E-state index contributed by atoms with van der Waals surface area (Å²) in [6.45, 7) is 4.68. The molecule has 1 aromatic heterocycles. The average molecular weight is 362 g/mol. The SMILES string of the molecule is CCNC(=NCC(C)(O)c1ccco1)NC1CC1c1cccc(Cl)c1. The lowest BCUT2D eigenvalue weighted by atomic mass is 10.0. The molecule has 0 aliphatic heterocycles. The normalized spacial score (nSPS) is 22.3. The molecule has 0 radical (unpaired) electrons. The molecular formula is C19H24ClN3O2. The van der Waals surface area contributed by atoms with Crippen LogP contribution in [0.4, 0.5) is 0 Å². The topological polar surface area (TPSA) is 69.8 Å². The maximum atomic E-state index is 10.5. The summed E-state index contributed by atoms with van der Waals surface area (Å²) in [5.41, 5.74) is 0.102. The van der Waals surface area contributed by atoms with Crippen LogP contribution in [-0.2, 0) is 5.60 Å². The lowest BCUT2D eigenvalue weighted by molar-refractivity contribution is 0.0437. The number of hydrogen-bond acceptors (Lipinski definition) is 3. The van der Waals surface area contributed by atoms with Crippen LogP contribution in [0.1, 0.15) is 37.5 Å². The van der Waals surface area contributed by atoms with Gasteiger partial charge in [-0.05, 0) is 50.1 Å². The van der Waals surface area contributed by atoms with E-state index >= 15 is 0 Å². The maximum absolute atomic E-state index is 10.5. The van der Waals surface area contributed by atoms with Crippen molar-refractivity contribution in [1.29, 1.82) is 0 Å². The highest BCUT2D eigenvalue weighted by Gasteiger charge is 2.39. The molecule has 3 atom stereocenters. The van der Waals surface area contributed by atoms with Gasteiger partial charge in [-0.3, -0.25) is 0 Å². The summed E-state index contributed by atoms with van der Waals surface area (Å²) in [5.74, 6) is 1.65. The first kappa shape index (κ1) is 17.8. The number of aliphatic imine (C=N–C) groups is 1. The van der Waals surface area contributed by atoms with E-state index in [2.05, 4.69) is 21.7 Å². The Hall–Kier alpha value is -1.98. The molecule has 1 saturated carbocycles. The van der Waals surface area contributed by atoms with E-state index in [1.54, 1.807) is 25.3 Å². The molecule has 1 aliphatic rings. The summed E-state index contributed by atoms with van der Waals surface area (Å²) < 4.78 is 5.30. The second-order valence-electron chi connectivity index (χ2n) is 6.59. The Kier molecular flexibility index (Phi) is 5.35. The first-order chi connectivity index (χ1) is 12.0. The van der Waals surface area contributed by atoms with Crippen molar-refractivity contribution in [3.8, 4) is 0 Å². The number of furan rings is 1. The molecule has 1 aliphatic carbocycles. The fraction of sp³-hybridized carbons (Fsp3) is 0.421. The number of rotatable bonds is 6. The van der Waals surface area contributed by atoms with Crippen LogP contribution >= 0.6 is 11.6 Å². The maximum Gasteiger partial charge on any atom is 0.191 e. The van der Waals surface area contributed by atoms with Gasteiger partial charge in [0.05, 0.1) is 12.8 Å². The monoisotopic (exact) mass is 361 g/mol. The predicted octanol–water partition coefficient (Wildman–Crippen LogP) is 3.25. The Bertz CT molecular complexity index is 728. The lowest BCUT2D eigenvalue weighted by Gasteiger charge is -2.19. The van der Waals surface area contributed by atoms with Gasteiger partial charge < -0.3 is 20.2 Å². The van der Waals surface area contributed by atoms with Crippen LogP contribution in [0.2, 0.25) is 5.02 Å². The van der Waals surface area contributed by atoms with E-state index in [-0.39, 0.29) is 6.54 Å². The molecule has 0 amide bonds. The molecule has 6 heteroatoms. The van der Waals surface area contributed by atoms with Crippen LogP contribution in [0.5, 0.6) is 0 Å². The van der Waals surface area contributed by atoms with Crippen LogP contribution in [0.15, 0.2) is 52.1 Å². The summed E-state index contributed by atoms with van der Waals surface area (Å²) in [7, 11) is 0. The third-order valence-corrected chi connectivity index (χ3v) is 4.57. The molecule has 3 rings (SSSR count). The standard InChI is InChI=1S/C19H24ClN3O2/c1-3-21-18(22-12-19(2,24)17-8-5-9-25-17)23-16-11-15(16)13-6-4-7-14(20)10-13/h4-10,15-16,24H,3,11-12H2,1-2H3,(H2,21,22,23). The fourth-order valence-electron chi connectivity index (χ4n) is 2.85. The molecule has 1 heterocycles. The second kappa shape index (κ2) is 7.50. The summed E-state index contributed by atoms with van der Waals surface area (Å²) in [6, 6.07) is 11.8. The van der Waals surface area contributed by atoms with E-state index in [0.717, 1.165) is 18.0 Å². The van der Waals surface area contributed by atoms with Crippen molar-refractivity contribution in [2.45, 2.75) is 37.8 Å². The van der Waals surface area contributed by atoms with E-state index in [1.807, 2.05) is 25.1 Å². The molecule has 25 heavy (non-hydrogen) atoms. The second-order valence-corrected chi connectivity index (χ2v) is 7.03. The van der Waals surface area contributed by atoms with E-state index in [4.69, 9.17) is 16.0 Å². The number of benzene rings is 1. The molecule has 5 nitrogen and oxygen atoms in total. The van der Waals surface area contributed by atoms with Gasteiger partial charge in [0.25, 0.3) is 0 Å². The summed E-state index contributed by atoms with van der Waals surface area (Å²) in [5, 5.41) is 18.0. The van der Waals surface area contributed by atoms with Crippen molar-refractivity contribution in [1.82, 2.24) is 10.6 Å². The van der Waals surface area contributed by atoms with Gasteiger partial charge in [0.15, 0.2) is 5.96 Å². The quantitative estimate of drug-likeness (QED) is 0.545. The van der Waals surface area contributed by atoms with Gasteiger partial charge in [-0.1, -0.05) is 23.7 Å². The average Bonchev–Trinajstić information content (AvgIpc) is 3.10. The zero-order chi connectivity index (χ0) is 17.9. The van der Waals surface area contributed by atoms with Gasteiger partial charge in [-0.25, -0.2) is 4.99 Å². The van der Waals surface area contributed by atoms with Gasteiger partial charge in [0.1, 0.15) is 11.4 Å². The summed E-state index contributed by atoms with van der Waals surface area (Å²) >= 11 is 6.08. The Balaban J connectivity index is 1.62. The molecular weight excluding hydrogens is 338 g/mol. The highest BCUT2D eigenvalue weighted by atomic mass is 35.5. The molecule has 0 spiro atoms. The lowest BCUT2D eigenvalue weighted by Crippen LogP contribution is -2.40. The van der Waals surface area contributed by atoms with Crippen LogP contribution in [-0.4, -0.2) is 30.2 Å². The Morgan fingerprint density at radius 3 is 2.92 bits per heavy atom. The molecule has 134 valence electrons. The van der Waals surface area contributed by atoms with E-state index in [9.17, 15) is 5.11 Å². The molecule has 1 fully saturated rings. The number of nitrogens with zero attached hydrogens (tertiary/aromatic N) is 1. The smallest absolute Gasteiger partial charge is 0.191 e. The van der Waals surface area contributed by atoms with E-state index < -0.39 is 5.60 Å². The van der Waals surface area contributed by atoms with E-state index in [0.29, 0.717) is 23.7 Å². The Morgan fingerprint density at radius 1 is 1.40 bits per heavy atom. The highest BCUT2D eigenvalue weighted by Crippen LogP contribution is 2.41. The Labute approximate surface area is 153 Å². The number of aliphatic hydroxyl groups is 1. The van der Waals surface area contributed by atoms with Crippen molar-refractivity contribution in [2.24, 2.45) is 4.99 Å². The minimum absolute atomic E-state index is 0.213. The van der Waals surface area contributed by atoms with E-state index in [1.165, 1.54) is 5.56 Å². The van der Waals surface area contributed by atoms with Crippen LogP contribution in [0.25, 0.3) is 0 Å². The van der Waals surface area contributed by atoms with Gasteiger partial charge in [0, 0.05) is 23.5 Å². The Morgan fingerprint density at radius 2 is 2.24 bits per heavy atom. The van der Waals surface area contributed by atoms with Crippen LogP contribution in [0.3, 0.4) is 0 Å². The minimum atomic E-state index is -1.14. The van der Waals surface area contributed by atoms with Crippen molar-refractivity contribution in [3.63, 3.8) is 0 Å².